The van der Waals surface area contributed by atoms with Gasteiger partial charge in [0.1, 0.15) is 0 Å². The van der Waals surface area contributed by atoms with Gasteiger partial charge >= 0.3 is 0 Å². The van der Waals surface area contributed by atoms with Crippen molar-refractivity contribution in [3.63, 3.8) is 0 Å². The first-order valence-corrected chi connectivity index (χ1v) is 6.58. The fourth-order valence-electron chi connectivity index (χ4n) is 2.51. The summed E-state index contributed by atoms with van der Waals surface area (Å²) in [5.41, 5.74) is 7.55. The summed E-state index contributed by atoms with van der Waals surface area (Å²) in [4.78, 5) is 13.3. The topological polar surface area (TPSA) is 70.1 Å². The lowest BCUT2D eigenvalue weighted by Crippen LogP contribution is -2.29. The van der Waals surface area contributed by atoms with E-state index in [-0.39, 0.29) is 17.7 Å². The lowest BCUT2D eigenvalue weighted by atomic mass is 9.99. The van der Waals surface area contributed by atoms with Crippen LogP contribution in [0.1, 0.15) is 23.5 Å². The van der Waals surface area contributed by atoms with Crippen molar-refractivity contribution in [2.75, 3.05) is 19.6 Å². The smallest absolute Gasteiger partial charge is 0.221 e. The molecule has 0 radical (unpaired) electrons. The first-order chi connectivity index (χ1) is 9.10. The molecular formula is C15H19N3O. The number of aryl methyl sites for hydroxylation is 1. The van der Waals surface area contributed by atoms with Gasteiger partial charge in [0.05, 0.1) is 17.9 Å². The Bertz CT molecular complexity index is 489. The van der Waals surface area contributed by atoms with Crippen molar-refractivity contribution < 1.29 is 4.79 Å². The molecule has 0 aromatic heterocycles. The highest BCUT2D eigenvalue weighted by Gasteiger charge is 2.28. The number of rotatable bonds is 4. The number of nitrogens with two attached hydrogens (primary N) is 1. The minimum absolute atomic E-state index is 0.0580. The summed E-state index contributed by atoms with van der Waals surface area (Å²) in [6.07, 6.45) is 0.807. The van der Waals surface area contributed by atoms with Crippen molar-refractivity contribution in [3.05, 3.63) is 35.4 Å². The molecule has 2 atom stereocenters. The number of carbonyl (C=O) groups excluding carboxylic acids is 1. The molecule has 0 spiro atoms. The summed E-state index contributed by atoms with van der Waals surface area (Å²) in [5.74, 6) is -0.434. The summed E-state index contributed by atoms with van der Waals surface area (Å²) in [6, 6.07) is 10.4. The monoisotopic (exact) mass is 257 g/mol. The number of benzene rings is 1. The van der Waals surface area contributed by atoms with Crippen LogP contribution in [-0.4, -0.2) is 30.4 Å². The van der Waals surface area contributed by atoms with Gasteiger partial charge in [0.2, 0.25) is 5.91 Å². The zero-order valence-corrected chi connectivity index (χ0v) is 11.2. The second-order valence-electron chi connectivity index (χ2n) is 5.24. The van der Waals surface area contributed by atoms with E-state index in [1.807, 2.05) is 31.2 Å². The third kappa shape index (κ3) is 3.33. The zero-order valence-electron chi connectivity index (χ0n) is 11.2. The van der Waals surface area contributed by atoms with Crippen molar-refractivity contribution in [2.24, 2.45) is 11.7 Å². The molecule has 1 aliphatic rings. The van der Waals surface area contributed by atoms with E-state index in [1.54, 1.807) is 0 Å². The van der Waals surface area contributed by atoms with Gasteiger partial charge in [-0.1, -0.05) is 29.8 Å². The average Bonchev–Trinajstić information content (AvgIpc) is 2.86. The highest BCUT2D eigenvalue weighted by Crippen LogP contribution is 2.22. The quantitative estimate of drug-likeness (QED) is 0.886. The number of nitriles is 1. The van der Waals surface area contributed by atoms with Gasteiger partial charge in [0.25, 0.3) is 0 Å². The summed E-state index contributed by atoms with van der Waals surface area (Å²) < 4.78 is 0. The molecule has 1 aromatic rings. The maximum absolute atomic E-state index is 11.1. The van der Waals surface area contributed by atoms with E-state index in [0.717, 1.165) is 18.5 Å². The SMILES string of the molecule is Cc1ccc([C@@H](C#N)CN2CC[C@@H](C(N)=O)C2)cc1. The zero-order chi connectivity index (χ0) is 13.8. The Hall–Kier alpha value is -1.86. The van der Waals surface area contributed by atoms with Crippen LogP contribution >= 0.6 is 0 Å². The highest BCUT2D eigenvalue weighted by molar-refractivity contribution is 5.77. The average molecular weight is 257 g/mol. The van der Waals surface area contributed by atoms with Crippen LogP contribution in [0.3, 0.4) is 0 Å². The molecule has 19 heavy (non-hydrogen) atoms. The molecule has 1 amide bonds. The van der Waals surface area contributed by atoms with E-state index in [0.29, 0.717) is 13.1 Å². The van der Waals surface area contributed by atoms with Crippen LogP contribution in [0.5, 0.6) is 0 Å². The van der Waals surface area contributed by atoms with Crippen LogP contribution in [0.4, 0.5) is 0 Å². The van der Waals surface area contributed by atoms with E-state index in [9.17, 15) is 10.1 Å². The molecule has 0 unspecified atom stereocenters. The van der Waals surface area contributed by atoms with Crippen molar-refractivity contribution in [3.8, 4) is 6.07 Å². The van der Waals surface area contributed by atoms with Crippen molar-refractivity contribution in [1.29, 1.82) is 5.26 Å². The Balaban J connectivity index is 1.99. The number of nitrogens with zero attached hydrogens (tertiary/aromatic N) is 2. The highest BCUT2D eigenvalue weighted by atomic mass is 16.1. The van der Waals surface area contributed by atoms with Gasteiger partial charge in [0.15, 0.2) is 0 Å². The molecule has 2 rings (SSSR count). The normalized spacial score (nSPS) is 20.9. The number of primary amides is 1. The second-order valence-corrected chi connectivity index (χ2v) is 5.24. The van der Waals surface area contributed by atoms with Gasteiger partial charge in [0, 0.05) is 13.1 Å². The van der Waals surface area contributed by atoms with Crippen molar-refractivity contribution in [2.45, 2.75) is 19.3 Å². The minimum atomic E-state index is -0.230. The number of hydrogen-bond acceptors (Lipinski definition) is 3. The molecule has 2 N–H and O–H groups in total. The second kappa shape index (κ2) is 5.85. The molecule has 1 aromatic carbocycles. The molecular weight excluding hydrogens is 238 g/mol. The molecule has 0 aliphatic carbocycles. The Kier molecular flexibility index (Phi) is 4.18. The first-order valence-electron chi connectivity index (χ1n) is 6.58. The van der Waals surface area contributed by atoms with Gasteiger partial charge in [-0.25, -0.2) is 0 Å². The van der Waals surface area contributed by atoms with Gasteiger partial charge in [-0.2, -0.15) is 5.26 Å². The maximum Gasteiger partial charge on any atom is 0.221 e. The Morgan fingerprint density at radius 1 is 1.53 bits per heavy atom. The van der Waals surface area contributed by atoms with Crippen LogP contribution in [0, 0.1) is 24.2 Å². The molecule has 4 nitrogen and oxygen atoms in total. The fraction of sp³-hybridized carbons (Fsp3) is 0.467. The third-order valence-corrected chi connectivity index (χ3v) is 3.75. The van der Waals surface area contributed by atoms with Gasteiger partial charge in [-0.3, -0.25) is 4.79 Å². The largest absolute Gasteiger partial charge is 0.369 e. The molecule has 1 heterocycles. The Morgan fingerprint density at radius 3 is 2.74 bits per heavy atom. The van der Waals surface area contributed by atoms with Gasteiger partial charge in [-0.05, 0) is 25.5 Å². The molecule has 100 valence electrons. The van der Waals surface area contributed by atoms with E-state index >= 15 is 0 Å². The van der Waals surface area contributed by atoms with E-state index in [2.05, 4.69) is 11.0 Å². The standard InChI is InChI=1S/C15H19N3O/c1-11-2-4-12(5-3-11)14(8-16)10-18-7-6-13(9-18)15(17)19/h2-5,13-14H,6-7,9-10H2,1H3,(H2,17,19)/t13-,14+/m1/s1. The van der Waals surface area contributed by atoms with Crippen molar-refractivity contribution >= 4 is 5.91 Å². The third-order valence-electron chi connectivity index (χ3n) is 3.75. The minimum Gasteiger partial charge on any atom is -0.369 e. The number of likely N-dealkylation sites (tertiary alicyclic amines) is 1. The summed E-state index contributed by atoms with van der Waals surface area (Å²) in [7, 11) is 0. The van der Waals surface area contributed by atoms with Crippen LogP contribution in [0.2, 0.25) is 0 Å². The number of carbonyl (C=O) groups is 1. The van der Waals surface area contributed by atoms with E-state index in [1.165, 1.54) is 5.56 Å². The predicted molar refractivity (Wildman–Crippen MR) is 73.3 cm³/mol. The van der Waals surface area contributed by atoms with Crippen LogP contribution < -0.4 is 5.73 Å². The molecule has 4 heteroatoms. The van der Waals surface area contributed by atoms with E-state index < -0.39 is 0 Å². The number of amides is 1. The summed E-state index contributed by atoms with van der Waals surface area (Å²) in [5, 5.41) is 9.32. The lowest BCUT2D eigenvalue weighted by molar-refractivity contribution is -0.121. The Labute approximate surface area is 113 Å². The van der Waals surface area contributed by atoms with Gasteiger partial charge in [-0.15, -0.1) is 0 Å². The van der Waals surface area contributed by atoms with Crippen molar-refractivity contribution in [1.82, 2.24) is 4.90 Å². The molecule has 1 aliphatic heterocycles. The molecule has 1 saturated heterocycles. The van der Waals surface area contributed by atoms with Crippen LogP contribution in [0.25, 0.3) is 0 Å². The van der Waals surface area contributed by atoms with Crippen LogP contribution in [0.15, 0.2) is 24.3 Å². The molecule has 0 saturated carbocycles. The number of hydrogen-bond donors (Lipinski definition) is 1. The summed E-state index contributed by atoms with van der Waals surface area (Å²) in [6.45, 7) is 4.23. The van der Waals surface area contributed by atoms with E-state index in [4.69, 9.17) is 5.73 Å². The molecule has 0 bridgehead atoms. The molecule has 1 fully saturated rings. The first kappa shape index (κ1) is 13.6. The van der Waals surface area contributed by atoms with Crippen LogP contribution in [-0.2, 0) is 4.79 Å². The summed E-state index contributed by atoms with van der Waals surface area (Å²) >= 11 is 0. The Morgan fingerprint density at radius 2 is 2.21 bits per heavy atom. The fourth-order valence-corrected chi connectivity index (χ4v) is 2.51. The predicted octanol–water partition coefficient (Wildman–Crippen LogP) is 1.41. The van der Waals surface area contributed by atoms with Gasteiger partial charge < -0.3 is 10.6 Å². The lowest BCUT2D eigenvalue weighted by Gasteiger charge is -2.19. The maximum atomic E-state index is 11.1.